The van der Waals surface area contributed by atoms with Crippen LogP contribution < -0.4 is 20.5 Å². The van der Waals surface area contributed by atoms with Crippen molar-refractivity contribution >= 4 is 34.0 Å². The zero-order valence-corrected chi connectivity index (χ0v) is 19.9. The molecule has 0 unspecified atom stereocenters. The summed E-state index contributed by atoms with van der Waals surface area (Å²) >= 11 is 0. The minimum atomic E-state index is -0.784. The Kier molecular flexibility index (Phi) is 4.99. The van der Waals surface area contributed by atoms with Gasteiger partial charge in [-0.15, -0.1) is 0 Å². The van der Waals surface area contributed by atoms with E-state index in [1.807, 2.05) is 43.3 Å². The Morgan fingerprint density at radius 3 is 2.75 bits per heavy atom. The summed E-state index contributed by atoms with van der Waals surface area (Å²) in [6, 6.07) is 11.8. The molecule has 0 saturated heterocycles. The Morgan fingerprint density at radius 2 is 1.94 bits per heavy atom. The van der Waals surface area contributed by atoms with E-state index in [4.69, 9.17) is 24.9 Å². The summed E-state index contributed by atoms with van der Waals surface area (Å²) in [6.07, 6.45) is 5.72. The molecule has 3 aromatic heterocycles. The normalized spacial score (nSPS) is 17.9. The van der Waals surface area contributed by atoms with Gasteiger partial charge in [0.05, 0.1) is 31.8 Å². The quantitative estimate of drug-likeness (QED) is 0.424. The summed E-state index contributed by atoms with van der Waals surface area (Å²) < 4.78 is 17.1. The number of aromatic nitrogens is 3. The highest BCUT2D eigenvalue weighted by molar-refractivity contribution is 5.90. The van der Waals surface area contributed by atoms with Crippen LogP contribution in [0.25, 0.3) is 16.5 Å². The fraction of sp³-hybridized carbons (Fsp3) is 0.185. The lowest BCUT2D eigenvalue weighted by atomic mass is 9.77. The molecule has 0 amide bonds. The van der Waals surface area contributed by atoms with Gasteiger partial charge >= 0.3 is 0 Å². The number of nitrogens with one attached hydrogen (secondary N) is 1. The van der Waals surface area contributed by atoms with Crippen molar-refractivity contribution < 1.29 is 14.2 Å². The van der Waals surface area contributed by atoms with E-state index in [0.29, 0.717) is 36.1 Å². The molecular weight excluding hydrogens is 456 g/mol. The van der Waals surface area contributed by atoms with Crippen LogP contribution in [0.1, 0.15) is 30.2 Å². The number of anilines is 2. The average Bonchev–Trinajstić information content (AvgIpc) is 2.89. The highest BCUT2D eigenvalue weighted by Crippen LogP contribution is 2.52. The van der Waals surface area contributed by atoms with Crippen LogP contribution in [-0.2, 0) is 10.3 Å². The molecule has 0 radical (unpaired) electrons. The van der Waals surface area contributed by atoms with E-state index in [9.17, 15) is 0 Å². The number of nitrogens with two attached hydrogens (primary N) is 1. The molecular formula is C27H24N6O3. The summed E-state index contributed by atoms with van der Waals surface area (Å²) in [5.74, 6) is 2.64. The van der Waals surface area contributed by atoms with Gasteiger partial charge in [0.2, 0.25) is 0 Å². The third-order valence-electron chi connectivity index (χ3n) is 6.48. The van der Waals surface area contributed by atoms with E-state index < -0.39 is 5.54 Å². The summed E-state index contributed by atoms with van der Waals surface area (Å²) in [6.45, 7) is 6.39. The Morgan fingerprint density at radius 1 is 1.08 bits per heavy atom. The first-order valence-electron chi connectivity index (χ1n) is 11.5. The number of amidine groups is 1. The number of allylic oxidation sites excluding steroid dienone is 1. The van der Waals surface area contributed by atoms with E-state index in [1.165, 1.54) is 0 Å². The second-order valence-electron chi connectivity index (χ2n) is 8.80. The number of hydrogen-bond acceptors (Lipinski definition) is 9. The van der Waals surface area contributed by atoms with E-state index in [1.54, 1.807) is 25.7 Å². The molecule has 6 rings (SSSR count). The zero-order chi connectivity index (χ0) is 24.9. The second kappa shape index (κ2) is 8.23. The number of pyridine rings is 3. The van der Waals surface area contributed by atoms with E-state index in [0.717, 1.165) is 39.0 Å². The van der Waals surface area contributed by atoms with Crippen LogP contribution in [0.4, 0.5) is 11.5 Å². The van der Waals surface area contributed by atoms with Crippen LogP contribution in [0.15, 0.2) is 66.6 Å². The van der Waals surface area contributed by atoms with Crippen molar-refractivity contribution in [1.82, 2.24) is 15.0 Å². The number of rotatable bonds is 4. The van der Waals surface area contributed by atoms with Gasteiger partial charge in [0, 0.05) is 34.8 Å². The van der Waals surface area contributed by atoms with Crippen molar-refractivity contribution in [2.24, 2.45) is 10.7 Å². The maximum atomic E-state index is 6.26. The highest BCUT2D eigenvalue weighted by Gasteiger charge is 2.45. The van der Waals surface area contributed by atoms with Crippen LogP contribution in [-0.4, -0.2) is 34.7 Å². The summed E-state index contributed by atoms with van der Waals surface area (Å²) in [7, 11) is 1.62. The Bertz CT molecular complexity index is 1570. The fourth-order valence-corrected chi connectivity index (χ4v) is 4.71. The topological polar surface area (TPSA) is 117 Å². The van der Waals surface area contributed by atoms with Crippen molar-refractivity contribution in [3.63, 3.8) is 0 Å². The highest BCUT2D eigenvalue weighted by atomic mass is 16.5. The van der Waals surface area contributed by atoms with Crippen LogP contribution in [0.5, 0.6) is 17.2 Å². The minimum absolute atomic E-state index is 0.140. The van der Waals surface area contributed by atoms with Crippen molar-refractivity contribution in [3.8, 4) is 17.2 Å². The zero-order valence-electron chi connectivity index (χ0n) is 19.9. The first-order chi connectivity index (χ1) is 17.5. The van der Waals surface area contributed by atoms with Gasteiger partial charge in [-0.1, -0.05) is 6.58 Å². The Labute approximate surface area is 207 Å². The van der Waals surface area contributed by atoms with Crippen LogP contribution in [0.2, 0.25) is 0 Å². The predicted octanol–water partition coefficient (Wildman–Crippen LogP) is 4.89. The molecule has 4 aromatic rings. The molecule has 1 atom stereocenters. The SMILES string of the molecule is C=C(C)c1cc2c(cn1)Oc1ccc(Nc3nccc4cc(OC)cnc34)cc1[C@@]21CCOC(N)=N1. The van der Waals surface area contributed by atoms with Crippen LogP contribution in [0.3, 0.4) is 0 Å². The van der Waals surface area contributed by atoms with Gasteiger partial charge in [-0.25, -0.2) is 15.0 Å². The lowest BCUT2D eigenvalue weighted by Crippen LogP contribution is -2.38. The largest absolute Gasteiger partial charge is 0.495 e. The molecule has 2 aliphatic rings. The average molecular weight is 481 g/mol. The van der Waals surface area contributed by atoms with Gasteiger partial charge in [0.25, 0.3) is 6.02 Å². The molecule has 9 nitrogen and oxygen atoms in total. The Hall–Kier alpha value is -4.66. The molecule has 3 N–H and O–H groups in total. The van der Waals surface area contributed by atoms with Gasteiger partial charge in [-0.05, 0) is 48.9 Å². The predicted molar refractivity (Wildman–Crippen MR) is 138 cm³/mol. The first kappa shape index (κ1) is 21.8. The molecule has 0 saturated carbocycles. The molecule has 0 aliphatic carbocycles. The number of ether oxygens (including phenoxy) is 3. The molecule has 2 aliphatic heterocycles. The molecule has 5 heterocycles. The van der Waals surface area contributed by atoms with Gasteiger partial charge in [0.15, 0.2) is 11.6 Å². The number of hydrogen-bond donors (Lipinski definition) is 2. The summed E-state index contributed by atoms with van der Waals surface area (Å²) in [4.78, 5) is 18.4. The van der Waals surface area contributed by atoms with Crippen molar-refractivity contribution in [1.29, 1.82) is 0 Å². The lowest BCUT2D eigenvalue weighted by molar-refractivity contribution is 0.219. The Balaban J connectivity index is 1.48. The van der Waals surface area contributed by atoms with E-state index in [2.05, 4.69) is 26.8 Å². The molecule has 9 heteroatoms. The van der Waals surface area contributed by atoms with Crippen LogP contribution in [0, 0.1) is 0 Å². The number of methoxy groups -OCH3 is 1. The molecule has 180 valence electrons. The van der Waals surface area contributed by atoms with Gasteiger partial charge < -0.3 is 25.3 Å². The van der Waals surface area contributed by atoms with Crippen molar-refractivity contribution in [2.45, 2.75) is 18.9 Å². The first-order valence-corrected chi connectivity index (χ1v) is 11.5. The number of benzene rings is 1. The molecule has 1 spiro atoms. The van der Waals surface area contributed by atoms with Crippen molar-refractivity contribution in [3.05, 3.63) is 78.4 Å². The van der Waals surface area contributed by atoms with Crippen molar-refractivity contribution in [2.75, 3.05) is 19.0 Å². The van der Waals surface area contributed by atoms with E-state index in [-0.39, 0.29) is 6.02 Å². The summed E-state index contributed by atoms with van der Waals surface area (Å²) in [5.41, 5.74) is 10.3. The third kappa shape index (κ3) is 3.48. The van der Waals surface area contributed by atoms with Gasteiger partial charge in [0.1, 0.15) is 22.6 Å². The molecule has 36 heavy (non-hydrogen) atoms. The second-order valence-corrected chi connectivity index (χ2v) is 8.80. The lowest BCUT2D eigenvalue weighted by Gasteiger charge is -2.39. The molecule has 0 fully saturated rings. The molecule has 1 aromatic carbocycles. The number of aliphatic imine (C=N–C) groups is 1. The third-order valence-corrected chi connectivity index (χ3v) is 6.48. The number of fused-ring (bicyclic) bond motifs is 5. The maximum Gasteiger partial charge on any atom is 0.283 e. The smallest absolute Gasteiger partial charge is 0.283 e. The minimum Gasteiger partial charge on any atom is -0.495 e. The van der Waals surface area contributed by atoms with Gasteiger partial charge in [-0.2, -0.15) is 0 Å². The summed E-state index contributed by atoms with van der Waals surface area (Å²) in [5, 5.41) is 4.33. The van der Waals surface area contributed by atoms with Crippen LogP contribution >= 0.6 is 0 Å². The molecule has 0 bridgehead atoms. The maximum absolute atomic E-state index is 6.26. The monoisotopic (exact) mass is 480 g/mol. The number of nitrogens with zero attached hydrogens (tertiary/aromatic N) is 4. The standard InChI is InChI=1S/C27H24N6O3/c1-15(2)21-12-20-23(14-30-21)36-22-5-4-17(11-19(22)27(20)7-9-35-26(28)33-27)32-25-24-16(6-8-29-25)10-18(34-3)13-31-24/h4-6,8,10-14H,1,7,9H2,2-3H3,(H2,28,33)(H,29,32)/t27-/m0/s1. The van der Waals surface area contributed by atoms with E-state index >= 15 is 0 Å². The fourth-order valence-electron chi connectivity index (χ4n) is 4.71. The van der Waals surface area contributed by atoms with Gasteiger partial charge in [-0.3, -0.25) is 4.98 Å².